The van der Waals surface area contributed by atoms with E-state index >= 15 is 0 Å². The van der Waals surface area contributed by atoms with E-state index in [1.54, 1.807) is 6.07 Å². The Kier molecular flexibility index (Phi) is 3.90. The summed E-state index contributed by atoms with van der Waals surface area (Å²) in [6.45, 7) is 3.66. The standard InChI is InChI=1S/C15H16N2O2/c1-10(2)14(18)9-16-15(19)13-8-7-11-5-3-4-6-12(11)17-13/h3-8,10H,9H2,1-2H3,(H,16,19). The number of rotatable bonds is 4. The van der Waals surface area contributed by atoms with Crippen LogP contribution in [0.25, 0.3) is 10.9 Å². The first-order chi connectivity index (χ1) is 9.08. The van der Waals surface area contributed by atoms with Crippen LogP contribution in [0.4, 0.5) is 0 Å². The van der Waals surface area contributed by atoms with Crippen LogP contribution in [0.5, 0.6) is 0 Å². The van der Waals surface area contributed by atoms with E-state index in [1.807, 2.05) is 44.2 Å². The third kappa shape index (κ3) is 3.16. The van der Waals surface area contributed by atoms with Gasteiger partial charge in [0, 0.05) is 11.3 Å². The van der Waals surface area contributed by atoms with Crippen molar-refractivity contribution in [2.24, 2.45) is 5.92 Å². The zero-order valence-electron chi connectivity index (χ0n) is 11.0. The molecular weight excluding hydrogens is 240 g/mol. The Morgan fingerprint density at radius 3 is 2.63 bits per heavy atom. The van der Waals surface area contributed by atoms with Crippen LogP contribution in [0.2, 0.25) is 0 Å². The summed E-state index contributed by atoms with van der Waals surface area (Å²) in [5.74, 6) is -0.390. The quantitative estimate of drug-likeness (QED) is 0.912. The molecule has 0 radical (unpaired) electrons. The predicted molar refractivity (Wildman–Crippen MR) is 73.9 cm³/mol. The molecule has 0 saturated heterocycles. The molecule has 4 heteroatoms. The minimum absolute atomic E-state index is 0.00846. The van der Waals surface area contributed by atoms with Gasteiger partial charge in [-0.25, -0.2) is 4.98 Å². The molecule has 2 aromatic rings. The van der Waals surface area contributed by atoms with E-state index in [1.165, 1.54) is 0 Å². The highest BCUT2D eigenvalue weighted by Crippen LogP contribution is 2.11. The number of para-hydroxylation sites is 1. The molecule has 1 amide bonds. The lowest BCUT2D eigenvalue weighted by molar-refractivity contribution is -0.120. The largest absolute Gasteiger partial charge is 0.344 e. The molecule has 1 aromatic carbocycles. The van der Waals surface area contributed by atoms with E-state index < -0.39 is 0 Å². The fourth-order valence-corrected chi connectivity index (χ4v) is 1.65. The summed E-state index contributed by atoms with van der Waals surface area (Å²) in [7, 11) is 0. The van der Waals surface area contributed by atoms with Crippen molar-refractivity contribution in [2.45, 2.75) is 13.8 Å². The van der Waals surface area contributed by atoms with Crippen LogP contribution < -0.4 is 5.32 Å². The highest BCUT2D eigenvalue weighted by atomic mass is 16.2. The molecule has 0 unspecified atom stereocenters. The minimum Gasteiger partial charge on any atom is -0.344 e. The lowest BCUT2D eigenvalue weighted by atomic mass is 10.1. The normalized spacial score (nSPS) is 10.7. The molecule has 0 spiro atoms. The molecule has 4 nitrogen and oxygen atoms in total. The van der Waals surface area contributed by atoms with E-state index in [9.17, 15) is 9.59 Å². The van der Waals surface area contributed by atoms with Gasteiger partial charge in [-0.3, -0.25) is 9.59 Å². The maximum absolute atomic E-state index is 11.9. The fraction of sp³-hybridized carbons (Fsp3) is 0.267. The van der Waals surface area contributed by atoms with Crippen molar-refractivity contribution in [2.75, 3.05) is 6.54 Å². The number of ketones is 1. The summed E-state index contributed by atoms with van der Waals surface area (Å²) >= 11 is 0. The van der Waals surface area contributed by atoms with Crippen molar-refractivity contribution >= 4 is 22.6 Å². The van der Waals surface area contributed by atoms with Gasteiger partial charge in [0.05, 0.1) is 12.1 Å². The number of benzene rings is 1. The molecule has 98 valence electrons. The molecule has 19 heavy (non-hydrogen) atoms. The molecule has 0 fully saturated rings. The van der Waals surface area contributed by atoms with Gasteiger partial charge in [0.25, 0.3) is 5.91 Å². The number of fused-ring (bicyclic) bond motifs is 1. The number of carbonyl (C=O) groups excluding carboxylic acids is 2. The van der Waals surface area contributed by atoms with Gasteiger partial charge in [-0.15, -0.1) is 0 Å². The highest BCUT2D eigenvalue weighted by Gasteiger charge is 2.11. The van der Waals surface area contributed by atoms with Crippen LogP contribution >= 0.6 is 0 Å². The molecule has 1 heterocycles. The summed E-state index contributed by atoms with van der Waals surface area (Å²) in [6.07, 6.45) is 0. The van der Waals surface area contributed by atoms with Crippen molar-refractivity contribution in [3.8, 4) is 0 Å². The predicted octanol–water partition coefficient (Wildman–Crippen LogP) is 2.19. The molecule has 0 bridgehead atoms. The van der Waals surface area contributed by atoms with Gasteiger partial charge >= 0.3 is 0 Å². The number of nitrogens with zero attached hydrogens (tertiary/aromatic N) is 1. The first-order valence-electron chi connectivity index (χ1n) is 6.24. The molecule has 0 atom stereocenters. The maximum Gasteiger partial charge on any atom is 0.270 e. The van der Waals surface area contributed by atoms with E-state index in [0.29, 0.717) is 5.69 Å². The number of Topliss-reactive ketones (excluding diaryl/α,β-unsaturated/α-hetero) is 1. The van der Waals surface area contributed by atoms with Gasteiger partial charge in [0.1, 0.15) is 5.69 Å². The summed E-state index contributed by atoms with van der Waals surface area (Å²) in [6, 6.07) is 11.1. The van der Waals surface area contributed by atoms with Crippen molar-refractivity contribution < 1.29 is 9.59 Å². The average Bonchev–Trinajstić information content (AvgIpc) is 2.43. The number of carbonyl (C=O) groups is 2. The second kappa shape index (κ2) is 5.61. The van der Waals surface area contributed by atoms with Gasteiger partial charge in [-0.05, 0) is 12.1 Å². The molecule has 0 aliphatic rings. The van der Waals surface area contributed by atoms with Crippen molar-refractivity contribution in [1.82, 2.24) is 10.3 Å². The van der Waals surface area contributed by atoms with E-state index in [0.717, 1.165) is 10.9 Å². The molecule has 1 aromatic heterocycles. The SMILES string of the molecule is CC(C)C(=O)CNC(=O)c1ccc2ccccc2n1. The molecular formula is C15H16N2O2. The van der Waals surface area contributed by atoms with Crippen LogP contribution in [0.1, 0.15) is 24.3 Å². The Bertz CT molecular complexity index is 620. The third-order valence-electron chi connectivity index (χ3n) is 2.90. The molecule has 1 N–H and O–H groups in total. The Morgan fingerprint density at radius 1 is 1.16 bits per heavy atom. The monoisotopic (exact) mass is 256 g/mol. The van der Waals surface area contributed by atoms with Gasteiger partial charge in [0.15, 0.2) is 5.78 Å². The Morgan fingerprint density at radius 2 is 1.89 bits per heavy atom. The van der Waals surface area contributed by atoms with Gasteiger partial charge in [-0.2, -0.15) is 0 Å². The second-order valence-electron chi connectivity index (χ2n) is 4.69. The lowest BCUT2D eigenvalue weighted by Gasteiger charge is -2.06. The van der Waals surface area contributed by atoms with Crippen molar-refractivity contribution in [1.29, 1.82) is 0 Å². The maximum atomic E-state index is 11.9. The number of hydrogen-bond acceptors (Lipinski definition) is 3. The number of pyridine rings is 1. The van der Waals surface area contributed by atoms with Gasteiger partial charge in [0.2, 0.25) is 0 Å². The van der Waals surface area contributed by atoms with Crippen molar-refractivity contribution in [3.63, 3.8) is 0 Å². The smallest absolute Gasteiger partial charge is 0.270 e. The van der Waals surface area contributed by atoms with Crippen LogP contribution in [0.3, 0.4) is 0 Å². The fourth-order valence-electron chi connectivity index (χ4n) is 1.65. The molecule has 0 saturated carbocycles. The highest BCUT2D eigenvalue weighted by molar-refractivity contribution is 5.97. The third-order valence-corrected chi connectivity index (χ3v) is 2.90. The molecule has 0 aliphatic carbocycles. The minimum atomic E-state index is -0.320. The summed E-state index contributed by atoms with van der Waals surface area (Å²) in [5.41, 5.74) is 1.10. The molecule has 2 rings (SSSR count). The Balaban J connectivity index is 2.11. The first kappa shape index (κ1) is 13.2. The number of nitrogens with one attached hydrogen (secondary N) is 1. The number of hydrogen-bond donors (Lipinski definition) is 1. The van der Waals surface area contributed by atoms with Crippen LogP contribution in [0, 0.1) is 5.92 Å². The van der Waals surface area contributed by atoms with Crippen LogP contribution in [-0.2, 0) is 4.79 Å². The first-order valence-corrected chi connectivity index (χ1v) is 6.24. The topological polar surface area (TPSA) is 59.1 Å². The van der Waals surface area contributed by atoms with E-state index in [4.69, 9.17) is 0 Å². The average molecular weight is 256 g/mol. The van der Waals surface area contributed by atoms with Gasteiger partial charge < -0.3 is 5.32 Å². The zero-order valence-corrected chi connectivity index (χ0v) is 11.0. The van der Waals surface area contributed by atoms with Crippen LogP contribution in [0.15, 0.2) is 36.4 Å². The number of aromatic nitrogens is 1. The van der Waals surface area contributed by atoms with E-state index in [2.05, 4.69) is 10.3 Å². The Hall–Kier alpha value is -2.23. The Labute approximate surface area is 111 Å². The number of amides is 1. The van der Waals surface area contributed by atoms with E-state index in [-0.39, 0.29) is 24.2 Å². The zero-order chi connectivity index (χ0) is 13.8. The molecule has 0 aliphatic heterocycles. The summed E-state index contributed by atoms with van der Waals surface area (Å²) in [4.78, 5) is 27.6. The van der Waals surface area contributed by atoms with Gasteiger partial charge in [-0.1, -0.05) is 38.1 Å². The summed E-state index contributed by atoms with van der Waals surface area (Å²) in [5, 5.41) is 3.58. The lowest BCUT2D eigenvalue weighted by Crippen LogP contribution is -2.32. The summed E-state index contributed by atoms with van der Waals surface area (Å²) < 4.78 is 0. The van der Waals surface area contributed by atoms with Crippen LogP contribution in [-0.4, -0.2) is 23.2 Å². The van der Waals surface area contributed by atoms with Crippen molar-refractivity contribution in [3.05, 3.63) is 42.1 Å². The second-order valence-corrected chi connectivity index (χ2v) is 4.69.